The fourth-order valence-electron chi connectivity index (χ4n) is 2.10. The molecule has 0 aromatic heterocycles. The fourth-order valence-corrected chi connectivity index (χ4v) is 2.87. The minimum atomic E-state index is -0.0667. The molecular formula is C16H16Br2N2O. The number of benzene rings is 2. The Morgan fingerprint density at radius 2 is 1.90 bits per heavy atom. The van der Waals surface area contributed by atoms with E-state index in [2.05, 4.69) is 31.9 Å². The van der Waals surface area contributed by atoms with Crippen molar-refractivity contribution in [2.45, 2.75) is 13.3 Å². The van der Waals surface area contributed by atoms with Crippen LogP contribution in [-0.4, -0.2) is 12.5 Å². The minimum Gasteiger partial charge on any atom is -0.397 e. The lowest BCUT2D eigenvalue weighted by molar-refractivity contribution is 0.0986. The topological polar surface area (TPSA) is 46.3 Å². The van der Waals surface area contributed by atoms with E-state index in [0.29, 0.717) is 17.8 Å². The summed E-state index contributed by atoms with van der Waals surface area (Å²) in [5.41, 5.74) is 7.98. The van der Waals surface area contributed by atoms with Crippen LogP contribution in [0.3, 0.4) is 0 Å². The Hall–Kier alpha value is -1.33. The molecule has 2 aromatic carbocycles. The number of halogens is 2. The Bertz CT molecular complexity index is 658. The Morgan fingerprint density at radius 1 is 1.19 bits per heavy atom. The van der Waals surface area contributed by atoms with E-state index in [0.717, 1.165) is 21.1 Å². The molecule has 0 bridgehead atoms. The summed E-state index contributed by atoms with van der Waals surface area (Å²) in [7, 11) is 0. The predicted molar refractivity (Wildman–Crippen MR) is 94.7 cm³/mol. The molecule has 0 aliphatic rings. The summed E-state index contributed by atoms with van der Waals surface area (Å²) in [6.45, 7) is 2.65. The highest BCUT2D eigenvalue weighted by Crippen LogP contribution is 2.28. The Labute approximate surface area is 141 Å². The number of rotatable bonds is 4. The van der Waals surface area contributed by atoms with Crippen LogP contribution >= 0.6 is 31.9 Å². The van der Waals surface area contributed by atoms with E-state index in [4.69, 9.17) is 5.73 Å². The molecule has 2 N–H and O–H groups in total. The maximum absolute atomic E-state index is 12.9. The van der Waals surface area contributed by atoms with Crippen LogP contribution in [0.15, 0.2) is 51.4 Å². The largest absolute Gasteiger partial charge is 0.397 e. The van der Waals surface area contributed by atoms with Crippen molar-refractivity contribution in [1.29, 1.82) is 0 Å². The third-order valence-corrected chi connectivity index (χ3v) is 4.26. The summed E-state index contributed by atoms with van der Waals surface area (Å²) in [6.07, 6.45) is 0.853. The maximum Gasteiger partial charge on any atom is 0.259 e. The van der Waals surface area contributed by atoms with Gasteiger partial charge in [0.25, 0.3) is 5.91 Å². The lowest BCUT2D eigenvalue weighted by atomic mass is 10.1. The average molecular weight is 412 g/mol. The number of nitrogens with zero attached hydrogens (tertiary/aromatic N) is 1. The van der Waals surface area contributed by atoms with E-state index >= 15 is 0 Å². The number of nitrogen functional groups attached to an aromatic ring is 1. The molecule has 3 nitrogen and oxygen atoms in total. The van der Waals surface area contributed by atoms with Gasteiger partial charge in [-0.1, -0.05) is 35.0 Å². The summed E-state index contributed by atoms with van der Waals surface area (Å²) >= 11 is 6.85. The summed E-state index contributed by atoms with van der Waals surface area (Å²) in [6, 6.07) is 13.0. The van der Waals surface area contributed by atoms with Gasteiger partial charge in [0.05, 0.1) is 16.9 Å². The van der Waals surface area contributed by atoms with E-state index in [1.807, 2.05) is 43.3 Å². The lowest BCUT2D eigenvalue weighted by Crippen LogP contribution is -2.32. The molecule has 0 heterocycles. The van der Waals surface area contributed by atoms with E-state index in [1.54, 1.807) is 11.0 Å². The number of anilines is 2. The molecule has 21 heavy (non-hydrogen) atoms. The van der Waals surface area contributed by atoms with Crippen molar-refractivity contribution in [1.82, 2.24) is 0 Å². The van der Waals surface area contributed by atoms with Crippen LogP contribution in [0, 0.1) is 0 Å². The molecular weight excluding hydrogens is 396 g/mol. The minimum absolute atomic E-state index is 0.0667. The zero-order valence-electron chi connectivity index (χ0n) is 11.6. The highest BCUT2D eigenvalue weighted by molar-refractivity contribution is 9.11. The van der Waals surface area contributed by atoms with Crippen LogP contribution in [0.2, 0.25) is 0 Å². The summed E-state index contributed by atoms with van der Waals surface area (Å²) in [5.74, 6) is -0.0667. The number of carbonyl (C=O) groups excluding carboxylic acids is 1. The van der Waals surface area contributed by atoms with Gasteiger partial charge < -0.3 is 10.6 Å². The normalized spacial score (nSPS) is 10.4. The highest BCUT2D eigenvalue weighted by Gasteiger charge is 2.21. The molecule has 2 aromatic rings. The van der Waals surface area contributed by atoms with Crippen molar-refractivity contribution in [2.24, 2.45) is 0 Å². The van der Waals surface area contributed by atoms with Crippen LogP contribution in [0.4, 0.5) is 11.4 Å². The molecule has 2 rings (SSSR count). The summed E-state index contributed by atoms with van der Waals surface area (Å²) in [5, 5.41) is 0. The predicted octanol–water partition coefficient (Wildman–Crippen LogP) is 4.85. The average Bonchev–Trinajstić information content (AvgIpc) is 2.47. The second-order valence-corrected chi connectivity index (χ2v) is 6.41. The van der Waals surface area contributed by atoms with Crippen molar-refractivity contribution in [3.63, 3.8) is 0 Å². The van der Waals surface area contributed by atoms with E-state index in [-0.39, 0.29) is 5.91 Å². The smallest absolute Gasteiger partial charge is 0.259 e. The molecule has 110 valence electrons. The first-order chi connectivity index (χ1) is 10.0. The van der Waals surface area contributed by atoms with Crippen LogP contribution < -0.4 is 10.6 Å². The molecule has 0 spiro atoms. The van der Waals surface area contributed by atoms with Crippen molar-refractivity contribution in [2.75, 3.05) is 17.2 Å². The summed E-state index contributed by atoms with van der Waals surface area (Å²) < 4.78 is 1.64. The first-order valence-electron chi connectivity index (χ1n) is 6.66. The number of hydrogen-bond donors (Lipinski definition) is 1. The molecule has 0 aliphatic heterocycles. The van der Waals surface area contributed by atoms with Crippen molar-refractivity contribution in [3.8, 4) is 0 Å². The van der Waals surface area contributed by atoms with E-state index in [1.165, 1.54) is 0 Å². The van der Waals surface area contributed by atoms with Gasteiger partial charge in [0.1, 0.15) is 0 Å². The first-order valence-corrected chi connectivity index (χ1v) is 8.24. The van der Waals surface area contributed by atoms with Gasteiger partial charge in [0.15, 0.2) is 0 Å². The highest BCUT2D eigenvalue weighted by atomic mass is 79.9. The Balaban J connectivity index is 2.45. The number of carbonyl (C=O) groups is 1. The molecule has 0 saturated carbocycles. The van der Waals surface area contributed by atoms with Crippen LogP contribution in [-0.2, 0) is 0 Å². The van der Waals surface area contributed by atoms with E-state index in [9.17, 15) is 4.79 Å². The monoisotopic (exact) mass is 410 g/mol. The van der Waals surface area contributed by atoms with Gasteiger partial charge in [-0.25, -0.2) is 0 Å². The lowest BCUT2D eigenvalue weighted by Gasteiger charge is -2.24. The number of nitrogens with two attached hydrogens (primary N) is 1. The van der Waals surface area contributed by atoms with Crippen molar-refractivity contribution < 1.29 is 4.79 Å². The SMILES string of the molecule is CCCN(C(=O)c1cc(Br)ccc1Br)c1ccccc1N. The molecule has 0 aliphatic carbocycles. The van der Waals surface area contributed by atoms with Gasteiger partial charge in [0, 0.05) is 15.5 Å². The first kappa shape index (κ1) is 16.0. The quantitative estimate of drug-likeness (QED) is 0.730. The standard InChI is InChI=1S/C16H16Br2N2O/c1-2-9-20(15-6-4-3-5-14(15)19)16(21)12-10-11(17)7-8-13(12)18/h3-8,10H,2,9,19H2,1H3. The fraction of sp³-hybridized carbons (Fsp3) is 0.188. The number of para-hydroxylation sites is 2. The van der Waals surface area contributed by atoms with Gasteiger partial charge in [-0.05, 0) is 52.7 Å². The second-order valence-electron chi connectivity index (χ2n) is 4.64. The molecule has 0 radical (unpaired) electrons. The van der Waals surface area contributed by atoms with Gasteiger partial charge >= 0.3 is 0 Å². The van der Waals surface area contributed by atoms with Crippen LogP contribution in [0.25, 0.3) is 0 Å². The molecule has 0 atom stereocenters. The van der Waals surface area contributed by atoms with Crippen LogP contribution in [0.5, 0.6) is 0 Å². The Morgan fingerprint density at radius 3 is 2.57 bits per heavy atom. The maximum atomic E-state index is 12.9. The van der Waals surface area contributed by atoms with Crippen LogP contribution in [0.1, 0.15) is 23.7 Å². The number of amides is 1. The third kappa shape index (κ3) is 3.66. The second kappa shape index (κ2) is 7.09. The Kier molecular flexibility index (Phi) is 5.42. The van der Waals surface area contributed by atoms with Crippen molar-refractivity contribution >= 4 is 49.1 Å². The molecule has 1 amide bonds. The molecule has 0 fully saturated rings. The van der Waals surface area contributed by atoms with Gasteiger partial charge in [0.2, 0.25) is 0 Å². The van der Waals surface area contributed by atoms with Gasteiger partial charge in [-0.3, -0.25) is 4.79 Å². The van der Waals surface area contributed by atoms with Crippen molar-refractivity contribution in [3.05, 3.63) is 57.0 Å². The molecule has 0 saturated heterocycles. The van der Waals surface area contributed by atoms with Gasteiger partial charge in [-0.15, -0.1) is 0 Å². The third-order valence-electron chi connectivity index (χ3n) is 3.08. The van der Waals surface area contributed by atoms with E-state index < -0.39 is 0 Å². The zero-order valence-corrected chi connectivity index (χ0v) is 14.8. The van der Waals surface area contributed by atoms with Gasteiger partial charge in [-0.2, -0.15) is 0 Å². The zero-order chi connectivity index (χ0) is 15.4. The summed E-state index contributed by atoms with van der Waals surface area (Å²) in [4.78, 5) is 14.6. The molecule has 0 unspecified atom stereocenters. The molecule has 5 heteroatoms. The number of hydrogen-bond acceptors (Lipinski definition) is 2.